The Morgan fingerprint density at radius 3 is 2.63 bits per heavy atom. The zero-order valence-corrected chi connectivity index (χ0v) is 15.9. The number of amides is 2. The van der Waals surface area contributed by atoms with Gasteiger partial charge in [-0.3, -0.25) is 14.3 Å². The first-order valence-electron chi connectivity index (χ1n) is 8.96. The van der Waals surface area contributed by atoms with Crippen LogP contribution in [0.3, 0.4) is 0 Å². The molecule has 142 valence electrons. The van der Waals surface area contributed by atoms with Crippen LogP contribution in [-0.2, 0) is 4.74 Å². The van der Waals surface area contributed by atoms with Crippen LogP contribution in [-0.4, -0.2) is 47.9 Å². The zero-order valence-electron chi connectivity index (χ0n) is 15.1. The van der Waals surface area contributed by atoms with Crippen molar-refractivity contribution in [3.8, 4) is 0 Å². The normalized spacial score (nSPS) is 24.2. The van der Waals surface area contributed by atoms with Gasteiger partial charge in [0.05, 0.1) is 19.3 Å². The molecule has 2 N–H and O–H groups in total. The Hall–Kier alpha value is -2.38. The molecular formula is C19H21ClN4O3. The fourth-order valence-corrected chi connectivity index (χ4v) is 4.02. The lowest BCUT2D eigenvalue weighted by Crippen LogP contribution is -2.32. The first kappa shape index (κ1) is 18.0. The molecule has 0 spiro atoms. The number of hydrogen-bond donors (Lipinski definition) is 2. The fraction of sp³-hybridized carbons (Fsp3) is 0.421. The maximum atomic E-state index is 12.9. The van der Waals surface area contributed by atoms with E-state index in [1.54, 1.807) is 10.7 Å². The van der Waals surface area contributed by atoms with E-state index in [1.807, 2.05) is 25.1 Å². The quantitative estimate of drug-likeness (QED) is 0.819. The van der Waals surface area contributed by atoms with Crippen LogP contribution in [0.5, 0.6) is 0 Å². The van der Waals surface area contributed by atoms with Crippen molar-refractivity contribution in [2.24, 2.45) is 11.8 Å². The molecule has 2 amide bonds. The molecule has 4 atom stereocenters. The Labute approximate surface area is 162 Å². The minimum Gasteiger partial charge on any atom is -0.381 e. The van der Waals surface area contributed by atoms with Crippen LogP contribution in [0.4, 0.5) is 0 Å². The van der Waals surface area contributed by atoms with Gasteiger partial charge in [0.1, 0.15) is 5.69 Å². The summed E-state index contributed by atoms with van der Waals surface area (Å²) in [6, 6.07) is 8.76. The molecule has 27 heavy (non-hydrogen) atoms. The Balaban J connectivity index is 1.65. The van der Waals surface area contributed by atoms with Crippen LogP contribution in [0.2, 0.25) is 5.02 Å². The number of hydrogen-bond acceptors (Lipinski definition) is 4. The number of carbonyl (C=O) groups excluding carboxylic acids is 2. The van der Waals surface area contributed by atoms with E-state index in [0.717, 1.165) is 5.56 Å². The van der Waals surface area contributed by atoms with E-state index in [-0.39, 0.29) is 29.6 Å². The van der Waals surface area contributed by atoms with E-state index in [4.69, 9.17) is 16.3 Å². The van der Waals surface area contributed by atoms with Gasteiger partial charge in [-0.1, -0.05) is 29.8 Å². The average Bonchev–Trinajstić information content (AvgIpc) is 3.08. The van der Waals surface area contributed by atoms with Gasteiger partial charge in [0.25, 0.3) is 11.8 Å². The number of halogens is 1. The molecule has 0 bridgehead atoms. The van der Waals surface area contributed by atoms with Crippen molar-refractivity contribution in [2.45, 2.75) is 19.0 Å². The molecule has 1 aliphatic carbocycles. The van der Waals surface area contributed by atoms with E-state index in [9.17, 15) is 9.59 Å². The highest BCUT2D eigenvalue weighted by molar-refractivity contribution is 6.31. The fourth-order valence-electron chi connectivity index (χ4n) is 3.72. The Kier molecular flexibility index (Phi) is 4.65. The molecule has 0 radical (unpaired) electrons. The third kappa shape index (κ3) is 3.21. The van der Waals surface area contributed by atoms with Crippen LogP contribution in [0, 0.1) is 11.8 Å². The molecule has 2 fully saturated rings. The summed E-state index contributed by atoms with van der Waals surface area (Å²) in [5.74, 6) is 0.205. The van der Waals surface area contributed by atoms with Gasteiger partial charge in [0, 0.05) is 36.0 Å². The number of fused-ring (bicyclic) bond motifs is 1. The van der Waals surface area contributed by atoms with Gasteiger partial charge in [-0.25, -0.2) is 0 Å². The van der Waals surface area contributed by atoms with Crippen molar-refractivity contribution in [2.75, 3.05) is 20.3 Å². The maximum Gasteiger partial charge on any atom is 0.271 e. The number of benzene rings is 1. The van der Waals surface area contributed by atoms with Gasteiger partial charge < -0.3 is 15.4 Å². The van der Waals surface area contributed by atoms with E-state index < -0.39 is 0 Å². The van der Waals surface area contributed by atoms with Crippen molar-refractivity contribution in [1.82, 2.24) is 20.4 Å². The van der Waals surface area contributed by atoms with E-state index in [1.165, 1.54) is 13.1 Å². The van der Waals surface area contributed by atoms with Crippen molar-refractivity contribution >= 4 is 23.4 Å². The molecule has 2 heterocycles. The monoisotopic (exact) mass is 388 g/mol. The Morgan fingerprint density at radius 2 is 1.96 bits per heavy atom. The summed E-state index contributed by atoms with van der Waals surface area (Å²) in [7, 11) is 1.53. The number of nitrogens with zero attached hydrogens (tertiary/aromatic N) is 2. The van der Waals surface area contributed by atoms with Crippen molar-refractivity contribution < 1.29 is 14.3 Å². The van der Waals surface area contributed by atoms with Gasteiger partial charge in [-0.15, -0.1) is 0 Å². The van der Waals surface area contributed by atoms with Gasteiger partial charge >= 0.3 is 0 Å². The van der Waals surface area contributed by atoms with E-state index >= 15 is 0 Å². The lowest BCUT2D eigenvalue weighted by molar-refractivity contribution is 0.0915. The summed E-state index contributed by atoms with van der Waals surface area (Å²) in [4.78, 5) is 25.0. The molecule has 1 saturated heterocycles. The van der Waals surface area contributed by atoms with Crippen LogP contribution in [0.1, 0.15) is 39.5 Å². The number of nitrogens with one attached hydrogen (secondary N) is 2. The lowest BCUT2D eigenvalue weighted by atomic mass is 10.1. The molecule has 4 rings (SSSR count). The summed E-state index contributed by atoms with van der Waals surface area (Å²) in [6.45, 7) is 3.28. The SMILES string of the molecule is CNC(=O)c1cc(C(=O)N[C@H]2[C@@H]3COC[C@@H]32)n([C@@H](C)c2ccccc2Cl)n1. The van der Waals surface area contributed by atoms with Gasteiger partial charge in [-0.05, 0) is 18.6 Å². The van der Waals surface area contributed by atoms with Gasteiger partial charge in [-0.2, -0.15) is 5.10 Å². The molecule has 7 nitrogen and oxygen atoms in total. The summed E-state index contributed by atoms with van der Waals surface area (Å²) >= 11 is 6.32. The minimum absolute atomic E-state index is 0.133. The number of carbonyl (C=O) groups is 2. The zero-order chi connectivity index (χ0) is 19.1. The summed E-state index contributed by atoms with van der Waals surface area (Å²) < 4.78 is 6.94. The lowest BCUT2D eigenvalue weighted by Gasteiger charge is -2.17. The second kappa shape index (κ2) is 6.98. The molecular weight excluding hydrogens is 368 g/mol. The van der Waals surface area contributed by atoms with Gasteiger partial charge in [0.15, 0.2) is 5.69 Å². The summed E-state index contributed by atoms with van der Waals surface area (Å²) in [5, 5.41) is 10.6. The van der Waals surface area contributed by atoms with Crippen molar-refractivity contribution in [1.29, 1.82) is 0 Å². The molecule has 0 unspecified atom stereocenters. The largest absolute Gasteiger partial charge is 0.381 e. The second-order valence-corrected chi connectivity index (χ2v) is 7.41. The molecule has 1 aromatic heterocycles. The molecule has 2 aromatic rings. The molecule has 1 aromatic carbocycles. The molecule has 1 aliphatic heterocycles. The number of ether oxygens (including phenoxy) is 1. The highest BCUT2D eigenvalue weighted by Gasteiger charge is 2.55. The topological polar surface area (TPSA) is 85.3 Å². The first-order valence-corrected chi connectivity index (χ1v) is 9.33. The third-order valence-electron chi connectivity index (χ3n) is 5.40. The van der Waals surface area contributed by atoms with Crippen LogP contribution >= 0.6 is 11.6 Å². The van der Waals surface area contributed by atoms with Crippen LogP contribution in [0.15, 0.2) is 30.3 Å². The highest BCUT2D eigenvalue weighted by Crippen LogP contribution is 2.44. The summed E-state index contributed by atoms with van der Waals surface area (Å²) in [6.07, 6.45) is 0. The number of aromatic nitrogens is 2. The molecule has 2 aliphatic rings. The average molecular weight is 389 g/mol. The Bertz CT molecular complexity index is 887. The van der Waals surface area contributed by atoms with Crippen molar-refractivity contribution in [3.05, 3.63) is 52.3 Å². The minimum atomic E-state index is -0.342. The predicted molar refractivity (Wildman–Crippen MR) is 99.9 cm³/mol. The van der Waals surface area contributed by atoms with Crippen LogP contribution < -0.4 is 10.6 Å². The van der Waals surface area contributed by atoms with Crippen molar-refractivity contribution in [3.63, 3.8) is 0 Å². The van der Waals surface area contributed by atoms with E-state index in [2.05, 4.69) is 15.7 Å². The smallest absolute Gasteiger partial charge is 0.271 e. The molecule has 1 saturated carbocycles. The third-order valence-corrected chi connectivity index (χ3v) is 5.74. The molecule has 8 heteroatoms. The van der Waals surface area contributed by atoms with Gasteiger partial charge in [0.2, 0.25) is 0 Å². The predicted octanol–water partition coefficient (Wildman–Crippen LogP) is 1.88. The standard InChI is InChI=1S/C19H21ClN4O3/c1-10(11-5-3-4-6-14(11)20)24-16(7-15(23-24)18(25)21-2)19(26)22-17-12-8-27-9-13(12)17/h3-7,10,12-13,17H,8-9H2,1-2H3,(H,21,25)(H,22,26)/t10-,12-,13+,17+/m0/s1. The first-order chi connectivity index (χ1) is 13.0. The van der Waals surface area contributed by atoms with E-state index in [0.29, 0.717) is 35.8 Å². The maximum absolute atomic E-state index is 12.9. The van der Waals surface area contributed by atoms with Crippen LogP contribution in [0.25, 0.3) is 0 Å². The summed E-state index contributed by atoms with van der Waals surface area (Å²) in [5.41, 5.74) is 1.37. The second-order valence-electron chi connectivity index (χ2n) is 7.00. The highest BCUT2D eigenvalue weighted by atomic mass is 35.5. The Morgan fingerprint density at radius 1 is 1.26 bits per heavy atom. The number of rotatable bonds is 5.